The molecule has 1 aliphatic rings. The molecule has 0 saturated heterocycles. The van der Waals surface area contributed by atoms with Crippen molar-refractivity contribution in [1.29, 1.82) is 5.26 Å². The highest BCUT2D eigenvalue weighted by Gasteiger charge is 2.53. The minimum atomic E-state index is -4.49. The number of hydrogen-bond donors (Lipinski definition) is 1. The van der Waals surface area contributed by atoms with E-state index in [1.807, 2.05) is 43.4 Å². The molecule has 19 heteroatoms. The minimum absolute atomic E-state index is 0.00819. The van der Waals surface area contributed by atoms with Gasteiger partial charge in [-0.25, -0.2) is 13.9 Å². The zero-order valence-corrected chi connectivity index (χ0v) is 32.7. The molecule has 51 heavy (non-hydrogen) atoms. The number of halogens is 1. The van der Waals surface area contributed by atoms with Crippen molar-refractivity contribution in [2.75, 3.05) is 20.2 Å². The number of rotatable bonds is 17. The number of carbonyl (C=O) groups excluding carboxylic acids is 2. The molecule has 1 aromatic rings. The third kappa shape index (κ3) is 12.4. The fourth-order valence-electron chi connectivity index (χ4n) is 4.20. The van der Waals surface area contributed by atoms with Gasteiger partial charge in [-0.2, -0.15) is 5.26 Å². The number of nitrogens with zero attached hydrogens (tertiary/aromatic N) is 3. The molecule has 16 nitrogen and oxygen atoms in total. The molecule has 0 bridgehead atoms. The van der Waals surface area contributed by atoms with E-state index in [2.05, 4.69) is 0 Å². The lowest BCUT2D eigenvalue weighted by Crippen LogP contribution is -2.40. The maximum Gasteiger partial charge on any atom is 0.360 e. The lowest BCUT2D eigenvalue weighted by Gasteiger charge is -2.36. The highest BCUT2D eigenvalue weighted by atomic mass is 31.2. The summed E-state index contributed by atoms with van der Waals surface area (Å²) in [5.41, 5.74) is -6.19. The number of nitrogens with one attached hydrogen (secondary N) is 1. The summed E-state index contributed by atoms with van der Waals surface area (Å²) >= 11 is 0. The molecule has 0 amide bonds. The van der Waals surface area contributed by atoms with Gasteiger partial charge >= 0.3 is 33.8 Å². The van der Waals surface area contributed by atoms with Gasteiger partial charge in [0.15, 0.2) is 11.5 Å². The van der Waals surface area contributed by atoms with E-state index >= 15 is 4.39 Å². The van der Waals surface area contributed by atoms with Crippen LogP contribution in [-0.4, -0.2) is 64.1 Å². The Labute approximate surface area is 298 Å². The number of allylic oxidation sites excluding steroid dienone is 1. The van der Waals surface area contributed by atoms with Crippen LogP contribution >= 0.6 is 16.1 Å². The van der Waals surface area contributed by atoms with E-state index in [9.17, 15) is 23.7 Å². The van der Waals surface area contributed by atoms with Gasteiger partial charge < -0.3 is 23.3 Å². The van der Waals surface area contributed by atoms with E-state index in [1.54, 1.807) is 41.5 Å². The van der Waals surface area contributed by atoms with Crippen LogP contribution in [0.15, 0.2) is 45.3 Å². The van der Waals surface area contributed by atoms with Crippen molar-refractivity contribution < 1.29 is 50.9 Å². The number of hydrogen-bond acceptors (Lipinski definition) is 14. The lowest BCUT2D eigenvalue weighted by atomic mass is 9.98. The maximum atomic E-state index is 17.0. The molecule has 0 aromatic carbocycles. The Hall–Kier alpha value is -3.38. The lowest BCUT2D eigenvalue weighted by molar-refractivity contribution is -0.161. The van der Waals surface area contributed by atoms with E-state index in [0.29, 0.717) is 0 Å². The predicted molar refractivity (Wildman–Crippen MR) is 184 cm³/mol. The number of ether oxygens (including phenoxy) is 3. The van der Waals surface area contributed by atoms with E-state index in [4.69, 9.17) is 37.6 Å². The molecule has 286 valence electrons. The molecule has 0 fully saturated rings. The number of aromatic nitrogens is 2. The highest BCUT2D eigenvalue weighted by molar-refractivity contribution is 7.57. The normalized spacial score (nSPS) is 19.1. The number of aromatic amines is 1. The molecule has 1 aliphatic heterocycles. The SMILES string of the molecule is CC(C)N(C(C)C)P(OCCC#N)OC1=C(/C=C/P(=O)(OCOC(=O)C(C)(C)C)OCOC(=O)C(C)(C)C)O[C@@H](n2ccc(=O)[nH]c2=O)C1(C)F. The minimum Gasteiger partial charge on any atom is -0.462 e. The summed E-state index contributed by atoms with van der Waals surface area (Å²) in [5, 5.41) is 9.12. The number of H-pyrrole nitrogens is 1. The number of carbonyl (C=O) groups is 2. The Morgan fingerprint density at radius 3 is 2.08 bits per heavy atom. The van der Waals surface area contributed by atoms with Gasteiger partial charge in [0.1, 0.15) is 0 Å². The van der Waals surface area contributed by atoms with Gasteiger partial charge in [0.25, 0.3) is 5.56 Å². The molecule has 2 unspecified atom stereocenters. The quantitative estimate of drug-likeness (QED) is 0.0823. The predicted octanol–water partition coefficient (Wildman–Crippen LogP) is 6.13. The van der Waals surface area contributed by atoms with Crippen molar-refractivity contribution in [1.82, 2.24) is 14.2 Å². The van der Waals surface area contributed by atoms with E-state index in [1.165, 1.54) is 0 Å². The molecule has 2 rings (SSSR count). The Morgan fingerprint density at radius 2 is 1.63 bits per heavy atom. The summed E-state index contributed by atoms with van der Waals surface area (Å²) in [6.07, 6.45) is 0.313. The van der Waals surface area contributed by atoms with Crippen molar-refractivity contribution in [3.8, 4) is 6.07 Å². The Morgan fingerprint density at radius 1 is 1.10 bits per heavy atom. The molecule has 0 saturated carbocycles. The first kappa shape index (κ1) is 43.8. The van der Waals surface area contributed by atoms with Gasteiger partial charge in [-0.05, 0) is 82.2 Å². The number of alkyl halides is 1. The third-order valence-corrected chi connectivity index (χ3v) is 10.3. The van der Waals surface area contributed by atoms with E-state index < -0.39 is 81.4 Å². The number of esters is 2. The van der Waals surface area contributed by atoms with Crippen LogP contribution in [0.1, 0.15) is 88.8 Å². The molecule has 1 N–H and O–H groups in total. The molecule has 0 aliphatic carbocycles. The summed E-state index contributed by atoms with van der Waals surface area (Å²) in [6, 6.07) is 2.61. The molecule has 0 spiro atoms. The molecular formula is C32H49FN4O12P2. The van der Waals surface area contributed by atoms with Crippen LogP contribution in [0.4, 0.5) is 4.39 Å². The maximum absolute atomic E-state index is 17.0. The first-order valence-electron chi connectivity index (χ1n) is 16.0. The van der Waals surface area contributed by atoms with Gasteiger partial charge in [-0.15, -0.1) is 0 Å². The summed E-state index contributed by atoms with van der Waals surface area (Å²) in [6.45, 7) is 16.4. The summed E-state index contributed by atoms with van der Waals surface area (Å²) in [5.74, 6) is -1.36. The molecule has 2 heterocycles. The first-order chi connectivity index (χ1) is 23.4. The van der Waals surface area contributed by atoms with Crippen LogP contribution in [0.25, 0.3) is 0 Å². The highest BCUT2D eigenvalue weighted by Crippen LogP contribution is 2.56. The molecular weight excluding hydrogens is 713 g/mol. The van der Waals surface area contributed by atoms with Crippen LogP contribution in [0, 0.1) is 22.2 Å². The van der Waals surface area contributed by atoms with E-state index in [-0.39, 0.29) is 30.9 Å². The topological polar surface area (TPSA) is 198 Å². The van der Waals surface area contributed by atoms with Gasteiger partial charge in [0.2, 0.25) is 25.5 Å². The second-order valence-electron chi connectivity index (χ2n) is 14.1. The van der Waals surface area contributed by atoms with Crippen molar-refractivity contribution in [3.05, 3.63) is 56.5 Å². The second-order valence-corrected chi connectivity index (χ2v) is 17.4. The Bertz CT molecular complexity index is 1610. The van der Waals surface area contributed by atoms with Crippen LogP contribution in [-0.2, 0) is 46.5 Å². The summed E-state index contributed by atoms with van der Waals surface area (Å²) in [7, 11) is -6.61. The van der Waals surface area contributed by atoms with Gasteiger partial charge in [0, 0.05) is 30.2 Å². The Balaban J connectivity index is 2.67. The Kier molecular flexibility index (Phi) is 15.4. The van der Waals surface area contributed by atoms with Crippen LogP contribution in [0.3, 0.4) is 0 Å². The van der Waals surface area contributed by atoms with Crippen LogP contribution in [0.2, 0.25) is 0 Å². The molecule has 3 atom stereocenters. The van der Waals surface area contributed by atoms with Crippen molar-refractivity contribution >= 4 is 28.1 Å². The van der Waals surface area contributed by atoms with Crippen molar-refractivity contribution in [2.45, 2.75) is 107 Å². The second kappa shape index (κ2) is 17.9. The zero-order chi connectivity index (χ0) is 38.9. The first-order valence-corrected chi connectivity index (χ1v) is 18.8. The average molecular weight is 763 g/mol. The average Bonchev–Trinajstić information content (AvgIpc) is 3.23. The fraction of sp³-hybridized carbons (Fsp3) is 0.656. The standard InChI is InChI=1S/C32H49FN4O12P2/c1-21(2)37(22(3)4)50(45-17-12-15-34)49-25-23(48-26(32(25,11)33)36-16-13-24(38)35-29(36)41)14-18-51(42,46-19-43-27(39)30(5,6)7)47-20-44-28(40)31(8,9)10/h13-14,16,18,21-22,26H,12,17,19-20H2,1-11H3,(H,35,38,41)/b18-14+/t26-,32?,50?/m1/s1. The summed E-state index contributed by atoms with van der Waals surface area (Å²) < 4.78 is 72.6. The van der Waals surface area contributed by atoms with Gasteiger partial charge in [0.05, 0.1) is 29.9 Å². The van der Waals surface area contributed by atoms with Crippen LogP contribution in [0.5, 0.6) is 0 Å². The van der Waals surface area contributed by atoms with Gasteiger partial charge in [-0.3, -0.25) is 37.5 Å². The number of nitriles is 1. The molecule has 1 aromatic heterocycles. The fourth-order valence-corrected chi connectivity index (χ4v) is 6.87. The third-order valence-electron chi connectivity index (χ3n) is 6.78. The smallest absolute Gasteiger partial charge is 0.360 e. The van der Waals surface area contributed by atoms with Crippen molar-refractivity contribution in [2.24, 2.45) is 10.8 Å². The van der Waals surface area contributed by atoms with Crippen molar-refractivity contribution in [3.63, 3.8) is 0 Å². The van der Waals surface area contributed by atoms with Gasteiger partial charge in [-0.1, -0.05) is 0 Å². The monoisotopic (exact) mass is 762 g/mol. The van der Waals surface area contributed by atoms with Crippen LogP contribution < -0.4 is 11.2 Å². The molecule has 0 radical (unpaired) electrons. The zero-order valence-electron chi connectivity index (χ0n) is 30.9. The van der Waals surface area contributed by atoms with E-state index in [0.717, 1.165) is 35.6 Å². The largest absolute Gasteiger partial charge is 0.462 e. The summed E-state index contributed by atoms with van der Waals surface area (Å²) in [4.78, 5) is 51.3.